The summed E-state index contributed by atoms with van der Waals surface area (Å²) < 4.78 is 0. The lowest BCUT2D eigenvalue weighted by atomic mass is 10.0. The third-order valence-corrected chi connectivity index (χ3v) is 3.63. The molecular weight excluding hydrogens is 252 g/mol. The monoisotopic (exact) mass is 272 g/mol. The molecule has 0 radical (unpaired) electrons. The molecule has 20 heavy (non-hydrogen) atoms. The topological polar surface area (TPSA) is 66.6 Å². The molecule has 1 fully saturated rings. The van der Waals surface area contributed by atoms with Crippen molar-refractivity contribution in [1.29, 1.82) is 0 Å². The van der Waals surface area contributed by atoms with E-state index in [0.29, 0.717) is 18.7 Å². The maximum atomic E-state index is 12.4. The van der Waals surface area contributed by atoms with Gasteiger partial charge in [0.2, 0.25) is 0 Å². The molecule has 0 saturated carbocycles. The Labute approximate surface area is 119 Å². The van der Waals surface area contributed by atoms with Crippen LogP contribution in [0.4, 0.5) is 0 Å². The number of aryl methyl sites for hydroxylation is 1. The fraction of sp³-hybridized carbons (Fsp3) is 0.438. The van der Waals surface area contributed by atoms with E-state index in [-0.39, 0.29) is 18.4 Å². The van der Waals surface area contributed by atoms with Crippen molar-refractivity contribution in [1.82, 2.24) is 4.90 Å². The molecule has 2 rings (SSSR count). The Bertz CT molecular complexity index is 557. The van der Waals surface area contributed by atoms with Crippen molar-refractivity contribution in [3.05, 3.63) is 34.9 Å². The molecule has 1 saturated heterocycles. The van der Waals surface area contributed by atoms with Crippen LogP contribution in [0.25, 0.3) is 0 Å². The molecule has 1 aromatic rings. The summed E-state index contributed by atoms with van der Waals surface area (Å²) in [5, 5.41) is 9.14. The summed E-state index contributed by atoms with van der Waals surface area (Å²) in [6.45, 7) is 3.78. The van der Waals surface area contributed by atoms with Gasteiger partial charge in [-0.2, -0.15) is 0 Å². The minimum absolute atomic E-state index is 0.0300. The number of amides is 1. The molecule has 4 heteroatoms. The summed E-state index contributed by atoms with van der Waals surface area (Å²) in [7, 11) is 0. The number of likely N-dealkylation sites (tertiary alicyclic amines) is 1. The summed E-state index contributed by atoms with van der Waals surface area (Å²) in [5.41, 5.74) is 7.92. The van der Waals surface area contributed by atoms with Crippen LogP contribution in [-0.2, 0) is 0 Å². The van der Waals surface area contributed by atoms with E-state index in [2.05, 4.69) is 11.8 Å². The number of carbonyl (C=O) groups excluding carboxylic acids is 1. The van der Waals surface area contributed by atoms with E-state index in [1.54, 1.807) is 4.90 Å². The number of aliphatic hydroxyl groups is 1. The predicted octanol–water partition coefficient (Wildman–Crippen LogP) is 0.760. The van der Waals surface area contributed by atoms with Crippen molar-refractivity contribution >= 4 is 5.91 Å². The lowest BCUT2D eigenvalue weighted by Crippen LogP contribution is -2.29. The highest BCUT2D eigenvalue weighted by atomic mass is 16.3. The molecule has 1 aromatic carbocycles. The normalized spacial score (nSPS) is 17.8. The summed E-state index contributed by atoms with van der Waals surface area (Å²) in [6, 6.07) is 5.54. The molecule has 0 bridgehead atoms. The van der Waals surface area contributed by atoms with E-state index in [4.69, 9.17) is 10.8 Å². The average Bonchev–Trinajstić information content (AvgIpc) is 2.94. The first-order valence-corrected chi connectivity index (χ1v) is 6.85. The number of hydrogen-bond donors (Lipinski definition) is 2. The fourth-order valence-corrected chi connectivity index (χ4v) is 2.43. The SMILES string of the molecule is Cc1cc(C(=O)N2CCC(CO)C2)ccc1C#CCN. The highest BCUT2D eigenvalue weighted by Gasteiger charge is 2.26. The highest BCUT2D eigenvalue weighted by Crippen LogP contribution is 2.19. The number of hydrogen-bond acceptors (Lipinski definition) is 3. The van der Waals surface area contributed by atoms with Crippen LogP contribution in [0.2, 0.25) is 0 Å². The number of rotatable bonds is 2. The summed E-state index contributed by atoms with van der Waals surface area (Å²) in [6.07, 6.45) is 0.876. The van der Waals surface area contributed by atoms with Crippen molar-refractivity contribution in [3.8, 4) is 11.8 Å². The van der Waals surface area contributed by atoms with Crippen LogP contribution in [0.1, 0.15) is 27.9 Å². The average molecular weight is 272 g/mol. The van der Waals surface area contributed by atoms with Gasteiger partial charge in [0.05, 0.1) is 6.54 Å². The molecule has 1 aliphatic rings. The molecule has 0 aliphatic carbocycles. The largest absolute Gasteiger partial charge is 0.396 e. The second-order valence-corrected chi connectivity index (χ2v) is 5.12. The molecular formula is C16H20N2O2. The fourth-order valence-electron chi connectivity index (χ4n) is 2.43. The van der Waals surface area contributed by atoms with Crippen LogP contribution in [0, 0.1) is 24.7 Å². The Kier molecular flexibility index (Phi) is 4.78. The lowest BCUT2D eigenvalue weighted by Gasteiger charge is -2.16. The number of carbonyl (C=O) groups is 1. The first-order valence-electron chi connectivity index (χ1n) is 6.85. The van der Waals surface area contributed by atoms with E-state index in [1.165, 1.54) is 0 Å². The molecule has 106 valence electrons. The van der Waals surface area contributed by atoms with Crippen LogP contribution >= 0.6 is 0 Å². The van der Waals surface area contributed by atoms with Gasteiger partial charge in [-0.25, -0.2) is 0 Å². The van der Waals surface area contributed by atoms with E-state index in [0.717, 1.165) is 24.1 Å². The third kappa shape index (κ3) is 3.19. The Morgan fingerprint density at radius 2 is 2.35 bits per heavy atom. The van der Waals surface area contributed by atoms with Gasteiger partial charge in [0.25, 0.3) is 5.91 Å². The minimum atomic E-state index is 0.0300. The van der Waals surface area contributed by atoms with Gasteiger partial charge in [-0.1, -0.05) is 11.8 Å². The lowest BCUT2D eigenvalue weighted by molar-refractivity contribution is 0.0782. The zero-order chi connectivity index (χ0) is 14.5. The Morgan fingerprint density at radius 1 is 1.55 bits per heavy atom. The molecule has 1 heterocycles. The number of aliphatic hydroxyl groups excluding tert-OH is 1. The van der Waals surface area contributed by atoms with Gasteiger partial charge in [-0.3, -0.25) is 4.79 Å². The van der Waals surface area contributed by atoms with E-state index in [1.807, 2.05) is 25.1 Å². The standard InChI is InChI=1S/C16H20N2O2/c1-12-9-15(5-4-14(12)3-2-7-17)16(20)18-8-6-13(10-18)11-19/h4-5,9,13,19H,6-8,10-11,17H2,1H3. The van der Waals surface area contributed by atoms with Gasteiger partial charge < -0.3 is 15.7 Å². The van der Waals surface area contributed by atoms with E-state index < -0.39 is 0 Å². The van der Waals surface area contributed by atoms with E-state index in [9.17, 15) is 4.79 Å². The maximum absolute atomic E-state index is 12.4. The van der Waals surface area contributed by atoms with Crippen LogP contribution in [0.3, 0.4) is 0 Å². The molecule has 1 amide bonds. The van der Waals surface area contributed by atoms with Crippen LogP contribution in [0.15, 0.2) is 18.2 Å². The van der Waals surface area contributed by atoms with Crippen molar-refractivity contribution in [3.63, 3.8) is 0 Å². The quantitative estimate of drug-likeness (QED) is 0.781. The van der Waals surface area contributed by atoms with Crippen molar-refractivity contribution in [2.24, 2.45) is 11.7 Å². The molecule has 0 aromatic heterocycles. The molecule has 4 nitrogen and oxygen atoms in total. The Balaban J connectivity index is 2.13. The van der Waals surface area contributed by atoms with Gasteiger partial charge in [0.1, 0.15) is 0 Å². The van der Waals surface area contributed by atoms with Crippen molar-refractivity contribution in [2.75, 3.05) is 26.2 Å². The second kappa shape index (κ2) is 6.56. The van der Waals surface area contributed by atoms with Gasteiger partial charge >= 0.3 is 0 Å². The summed E-state index contributed by atoms with van der Waals surface area (Å²) in [5.74, 6) is 6.06. The van der Waals surface area contributed by atoms with Gasteiger partial charge in [0.15, 0.2) is 0 Å². The van der Waals surface area contributed by atoms with Crippen molar-refractivity contribution < 1.29 is 9.90 Å². The van der Waals surface area contributed by atoms with Gasteiger partial charge in [0, 0.05) is 36.7 Å². The summed E-state index contributed by atoms with van der Waals surface area (Å²) >= 11 is 0. The molecule has 1 aliphatic heterocycles. The van der Waals surface area contributed by atoms with Gasteiger partial charge in [-0.05, 0) is 37.1 Å². The zero-order valence-corrected chi connectivity index (χ0v) is 11.7. The second-order valence-electron chi connectivity index (χ2n) is 5.12. The first-order chi connectivity index (χ1) is 9.65. The summed E-state index contributed by atoms with van der Waals surface area (Å²) in [4.78, 5) is 14.2. The van der Waals surface area contributed by atoms with Crippen LogP contribution in [-0.4, -0.2) is 42.2 Å². The Morgan fingerprint density at radius 3 is 2.95 bits per heavy atom. The van der Waals surface area contributed by atoms with E-state index >= 15 is 0 Å². The first kappa shape index (κ1) is 14.6. The number of benzene rings is 1. The van der Waals surface area contributed by atoms with Gasteiger partial charge in [-0.15, -0.1) is 0 Å². The zero-order valence-electron chi connectivity index (χ0n) is 11.7. The van der Waals surface area contributed by atoms with Crippen LogP contribution in [0.5, 0.6) is 0 Å². The molecule has 1 unspecified atom stereocenters. The minimum Gasteiger partial charge on any atom is -0.396 e. The van der Waals surface area contributed by atoms with Crippen LogP contribution < -0.4 is 5.73 Å². The Hall–Kier alpha value is -1.83. The smallest absolute Gasteiger partial charge is 0.253 e. The molecule has 1 atom stereocenters. The highest BCUT2D eigenvalue weighted by molar-refractivity contribution is 5.94. The number of nitrogens with two attached hydrogens (primary N) is 1. The predicted molar refractivity (Wildman–Crippen MR) is 78.2 cm³/mol. The third-order valence-electron chi connectivity index (χ3n) is 3.63. The van der Waals surface area contributed by atoms with Crippen molar-refractivity contribution in [2.45, 2.75) is 13.3 Å². The maximum Gasteiger partial charge on any atom is 0.253 e. The molecule has 3 N–H and O–H groups in total. The number of nitrogens with zero attached hydrogens (tertiary/aromatic N) is 1. The molecule has 0 spiro atoms.